The van der Waals surface area contributed by atoms with Gasteiger partial charge in [0.15, 0.2) is 17.1 Å². The van der Waals surface area contributed by atoms with Crippen LogP contribution >= 0.6 is 0 Å². The molecule has 30 heavy (non-hydrogen) atoms. The maximum Gasteiger partial charge on any atom is 0.245 e. The molecular weight excluding hydrogens is 408 g/mol. The number of allylic oxidation sites excluding steroid dienone is 1. The Kier molecular flexibility index (Phi) is 5.53. The molecule has 0 saturated carbocycles. The molecule has 0 unspecified atom stereocenters. The second kappa shape index (κ2) is 7.53. The van der Waals surface area contributed by atoms with Gasteiger partial charge < -0.3 is 28.8 Å². The molecule has 2 atom stereocenters. The number of ketones is 2. The summed E-state index contributed by atoms with van der Waals surface area (Å²) in [6.07, 6.45) is 0.183. The van der Waals surface area contributed by atoms with E-state index in [1.54, 1.807) is 0 Å². The van der Waals surface area contributed by atoms with Crippen molar-refractivity contribution in [1.29, 1.82) is 0 Å². The standard InChI is InChI=1S/C21H28O8Si/c1-25-16-13(22)9-11-8-12-14(23)17(26-2)19(28-4)20(24)21(12,10-30(5,6)7)29-15(11)18(16)27-3/h9,12,22H,8,10H2,1-7H3/t12-,21-/m1/s1. The van der Waals surface area contributed by atoms with E-state index in [-0.39, 0.29) is 41.0 Å². The second-order valence-electron chi connectivity index (χ2n) is 8.70. The largest absolute Gasteiger partial charge is 0.504 e. The Bertz CT molecular complexity index is 930. The van der Waals surface area contributed by atoms with Crippen LogP contribution in [0.4, 0.5) is 0 Å². The van der Waals surface area contributed by atoms with Crippen LogP contribution in [0.25, 0.3) is 0 Å². The van der Waals surface area contributed by atoms with Gasteiger partial charge in [0.2, 0.25) is 34.6 Å². The number of ether oxygens (including phenoxy) is 5. The van der Waals surface area contributed by atoms with Gasteiger partial charge >= 0.3 is 0 Å². The average Bonchev–Trinajstić information content (AvgIpc) is 2.67. The summed E-state index contributed by atoms with van der Waals surface area (Å²) in [5.74, 6) is -1.38. The summed E-state index contributed by atoms with van der Waals surface area (Å²) >= 11 is 0. The zero-order valence-corrected chi connectivity index (χ0v) is 19.4. The fourth-order valence-electron chi connectivity index (χ4n) is 4.43. The number of phenolic OH excluding ortho intramolecular Hbond substituents is 1. The highest BCUT2D eigenvalue weighted by atomic mass is 28.3. The van der Waals surface area contributed by atoms with E-state index < -0.39 is 25.4 Å². The molecule has 0 fully saturated rings. The van der Waals surface area contributed by atoms with Gasteiger partial charge in [0.25, 0.3) is 0 Å². The van der Waals surface area contributed by atoms with Gasteiger partial charge in [-0.3, -0.25) is 9.59 Å². The topological polar surface area (TPSA) is 101 Å². The van der Waals surface area contributed by atoms with Crippen molar-refractivity contribution in [3.8, 4) is 23.0 Å². The Hall–Kier alpha value is -2.68. The van der Waals surface area contributed by atoms with Crippen LogP contribution in [-0.2, 0) is 25.5 Å². The van der Waals surface area contributed by atoms with Gasteiger partial charge in [0, 0.05) is 13.6 Å². The summed E-state index contributed by atoms with van der Waals surface area (Å²) in [5, 5.41) is 10.4. The summed E-state index contributed by atoms with van der Waals surface area (Å²) in [6, 6.07) is 1.87. The lowest BCUT2D eigenvalue weighted by molar-refractivity contribution is -0.150. The van der Waals surface area contributed by atoms with Crippen molar-refractivity contribution in [3.05, 3.63) is 23.1 Å². The van der Waals surface area contributed by atoms with Gasteiger partial charge in [-0.1, -0.05) is 19.6 Å². The van der Waals surface area contributed by atoms with Crippen molar-refractivity contribution in [2.45, 2.75) is 37.7 Å². The number of hydrogen-bond acceptors (Lipinski definition) is 8. The van der Waals surface area contributed by atoms with Crippen molar-refractivity contribution in [2.75, 3.05) is 28.4 Å². The zero-order chi connectivity index (χ0) is 22.4. The molecule has 0 spiro atoms. The van der Waals surface area contributed by atoms with Gasteiger partial charge in [0.05, 0.1) is 34.4 Å². The van der Waals surface area contributed by atoms with E-state index in [0.717, 1.165) is 0 Å². The first kappa shape index (κ1) is 22.0. The first-order chi connectivity index (χ1) is 14.0. The van der Waals surface area contributed by atoms with E-state index >= 15 is 0 Å². The molecule has 0 bridgehead atoms. The number of methoxy groups -OCH3 is 4. The maximum absolute atomic E-state index is 13.7. The van der Waals surface area contributed by atoms with Crippen LogP contribution < -0.4 is 14.2 Å². The van der Waals surface area contributed by atoms with Crippen LogP contribution in [0.5, 0.6) is 23.0 Å². The third-order valence-electron chi connectivity index (χ3n) is 5.47. The molecule has 1 aromatic carbocycles. The SMILES string of the molecule is COC1=C(OC)C(=O)[C@]2(C[Si](C)(C)C)Oc3c(cc(O)c(OC)c3OC)C[C@@H]2C1=O. The van der Waals surface area contributed by atoms with Crippen molar-refractivity contribution in [2.24, 2.45) is 5.92 Å². The molecule has 1 N–H and O–H groups in total. The molecule has 8 nitrogen and oxygen atoms in total. The Labute approximate surface area is 176 Å². The third kappa shape index (κ3) is 3.21. The van der Waals surface area contributed by atoms with E-state index in [1.807, 2.05) is 0 Å². The number of Topliss-reactive ketones (excluding diaryl/α,β-unsaturated/α-hetero) is 2. The Balaban J connectivity index is 2.30. The molecule has 1 aliphatic carbocycles. The Morgan fingerprint density at radius 1 is 1.03 bits per heavy atom. The maximum atomic E-state index is 13.7. The lowest BCUT2D eigenvalue weighted by atomic mass is 9.71. The third-order valence-corrected chi connectivity index (χ3v) is 7.05. The van der Waals surface area contributed by atoms with E-state index in [0.29, 0.717) is 17.4 Å². The molecule has 9 heteroatoms. The number of benzene rings is 1. The first-order valence-electron chi connectivity index (χ1n) is 9.61. The van der Waals surface area contributed by atoms with Crippen molar-refractivity contribution >= 4 is 19.6 Å². The molecular formula is C21H28O8Si. The number of hydrogen-bond donors (Lipinski definition) is 1. The van der Waals surface area contributed by atoms with Crippen molar-refractivity contribution in [1.82, 2.24) is 0 Å². The fourth-order valence-corrected chi connectivity index (χ4v) is 6.48. The molecule has 1 aliphatic heterocycles. The summed E-state index contributed by atoms with van der Waals surface area (Å²) in [4.78, 5) is 27.1. The molecule has 1 aromatic rings. The highest BCUT2D eigenvalue weighted by molar-refractivity contribution is 6.76. The van der Waals surface area contributed by atoms with Crippen molar-refractivity contribution < 1.29 is 38.4 Å². The minimum Gasteiger partial charge on any atom is -0.504 e. The van der Waals surface area contributed by atoms with Crippen LogP contribution in [0.15, 0.2) is 17.6 Å². The van der Waals surface area contributed by atoms with Crippen LogP contribution in [0.3, 0.4) is 0 Å². The predicted molar refractivity (Wildman–Crippen MR) is 111 cm³/mol. The molecule has 0 aromatic heterocycles. The molecule has 0 amide bonds. The average molecular weight is 437 g/mol. The van der Waals surface area contributed by atoms with Crippen molar-refractivity contribution in [3.63, 3.8) is 0 Å². The van der Waals surface area contributed by atoms with Crippen LogP contribution in [0.1, 0.15) is 5.56 Å². The smallest absolute Gasteiger partial charge is 0.245 e. The molecule has 0 radical (unpaired) electrons. The summed E-state index contributed by atoms with van der Waals surface area (Å²) in [5.41, 5.74) is -0.893. The lowest BCUT2D eigenvalue weighted by Crippen LogP contribution is -2.62. The van der Waals surface area contributed by atoms with Gasteiger partial charge in [-0.05, 0) is 18.5 Å². The van der Waals surface area contributed by atoms with Gasteiger partial charge in [-0.25, -0.2) is 0 Å². The quantitative estimate of drug-likeness (QED) is 0.680. The van der Waals surface area contributed by atoms with Gasteiger partial charge in [-0.15, -0.1) is 0 Å². The number of carbonyl (C=O) groups excluding carboxylic acids is 2. The van der Waals surface area contributed by atoms with E-state index in [4.69, 9.17) is 23.7 Å². The minimum absolute atomic E-state index is 0.101. The molecule has 1 heterocycles. The van der Waals surface area contributed by atoms with E-state index in [9.17, 15) is 14.7 Å². The Morgan fingerprint density at radius 3 is 2.13 bits per heavy atom. The summed E-state index contributed by atoms with van der Waals surface area (Å²) in [6.45, 7) is 6.31. The van der Waals surface area contributed by atoms with Crippen LogP contribution in [-0.4, -0.2) is 58.8 Å². The fraction of sp³-hybridized carbons (Fsp3) is 0.524. The first-order valence-corrected chi connectivity index (χ1v) is 13.3. The molecule has 3 rings (SSSR count). The second-order valence-corrected chi connectivity index (χ2v) is 14.2. The van der Waals surface area contributed by atoms with Gasteiger partial charge in [-0.2, -0.15) is 0 Å². The monoisotopic (exact) mass is 436 g/mol. The molecule has 0 saturated heterocycles. The molecule has 2 aliphatic rings. The van der Waals surface area contributed by atoms with E-state index in [2.05, 4.69) is 19.6 Å². The molecule has 164 valence electrons. The van der Waals surface area contributed by atoms with Crippen LogP contribution in [0.2, 0.25) is 25.7 Å². The number of rotatable bonds is 6. The predicted octanol–water partition coefficient (Wildman–Crippen LogP) is 2.69. The number of fused-ring (bicyclic) bond motifs is 2. The number of phenols is 1. The lowest BCUT2D eigenvalue weighted by Gasteiger charge is -2.47. The zero-order valence-electron chi connectivity index (χ0n) is 18.4. The summed E-state index contributed by atoms with van der Waals surface area (Å²) < 4.78 is 27.7. The van der Waals surface area contributed by atoms with Crippen LogP contribution in [0, 0.1) is 5.92 Å². The summed E-state index contributed by atoms with van der Waals surface area (Å²) in [7, 11) is 3.57. The highest BCUT2D eigenvalue weighted by Gasteiger charge is 2.62. The van der Waals surface area contributed by atoms with Gasteiger partial charge in [0.1, 0.15) is 0 Å². The Morgan fingerprint density at radius 2 is 1.63 bits per heavy atom. The highest BCUT2D eigenvalue weighted by Crippen LogP contribution is 2.54. The van der Waals surface area contributed by atoms with E-state index in [1.165, 1.54) is 34.5 Å². The normalized spacial score (nSPS) is 23.4. The number of aromatic hydroxyl groups is 1. The number of carbonyl (C=O) groups is 2. The minimum atomic E-state index is -1.93.